The second-order valence-corrected chi connectivity index (χ2v) is 5.13. The molecule has 0 aromatic carbocycles. The van der Waals surface area contributed by atoms with Crippen LogP contribution in [0.15, 0.2) is 16.5 Å². The van der Waals surface area contributed by atoms with Gasteiger partial charge in [-0.3, -0.25) is 10.1 Å². The van der Waals surface area contributed by atoms with Gasteiger partial charge in [0.25, 0.3) is 0 Å². The van der Waals surface area contributed by atoms with Crippen LogP contribution in [0.2, 0.25) is 0 Å². The van der Waals surface area contributed by atoms with E-state index in [4.69, 9.17) is 4.42 Å². The Hall–Kier alpha value is -1.29. The van der Waals surface area contributed by atoms with Crippen molar-refractivity contribution in [3.8, 4) is 0 Å². The van der Waals surface area contributed by atoms with Crippen molar-refractivity contribution in [3.05, 3.63) is 23.7 Å². The molecule has 1 aromatic rings. The Balaban J connectivity index is 2.67. The lowest BCUT2D eigenvalue weighted by atomic mass is 10.0. The summed E-state index contributed by atoms with van der Waals surface area (Å²) in [7, 11) is 1.67. The van der Waals surface area contributed by atoms with Crippen LogP contribution in [-0.2, 0) is 4.79 Å². The largest absolute Gasteiger partial charge is 0.465 e. The Labute approximate surface area is 109 Å². The number of hydrogen-bond acceptors (Lipinski definition) is 3. The van der Waals surface area contributed by atoms with Crippen LogP contribution in [0.25, 0.3) is 0 Å². The summed E-state index contributed by atoms with van der Waals surface area (Å²) in [5.74, 6) is 2.24. The molecule has 2 atom stereocenters. The highest BCUT2D eigenvalue weighted by molar-refractivity contribution is 5.81. The maximum absolute atomic E-state index is 11.8. The van der Waals surface area contributed by atoms with E-state index in [9.17, 15) is 4.79 Å². The summed E-state index contributed by atoms with van der Waals surface area (Å²) in [5.41, 5.74) is 0. The Kier molecular flexibility index (Phi) is 5.41. The highest BCUT2D eigenvalue weighted by atomic mass is 16.3. The van der Waals surface area contributed by atoms with Crippen molar-refractivity contribution in [2.45, 2.75) is 46.2 Å². The fraction of sp³-hybridized carbons (Fsp3) is 0.643. The molecule has 0 radical (unpaired) electrons. The van der Waals surface area contributed by atoms with Gasteiger partial charge in [0, 0.05) is 7.05 Å². The van der Waals surface area contributed by atoms with Crippen LogP contribution in [0.1, 0.15) is 44.8 Å². The second-order valence-electron chi connectivity index (χ2n) is 5.13. The quantitative estimate of drug-likeness (QED) is 0.817. The normalized spacial score (nSPS) is 14.6. The number of hydrogen-bond donors (Lipinski definition) is 2. The summed E-state index contributed by atoms with van der Waals surface area (Å²) < 4.78 is 5.57. The first kappa shape index (κ1) is 14.8. The van der Waals surface area contributed by atoms with Crippen molar-refractivity contribution >= 4 is 5.91 Å². The van der Waals surface area contributed by atoms with Gasteiger partial charge in [-0.15, -0.1) is 0 Å². The van der Waals surface area contributed by atoms with E-state index in [1.54, 1.807) is 7.05 Å². The molecule has 0 saturated heterocycles. The summed E-state index contributed by atoms with van der Waals surface area (Å²) in [6.07, 6.45) is 0.809. The van der Waals surface area contributed by atoms with Crippen LogP contribution in [0.5, 0.6) is 0 Å². The molecule has 1 heterocycles. The molecule has 102 valence electrons. The van der Waals surface area contributed by atoms with Gasteiger partial charge in [0.2, 0.25) is 5.91 Å². The average molecular weight is 252 g/mol. The highest BCUT2D eigenvalue weighted by Crippen LogP contribution is 2.17. The van der Waals surface area contributed by atoms with Crippen LogP contribution in [0, 0.1) is 12.8 Å². The fourth-order valence-electron chi connectivity index (χ4n) is 1.97. The summed E-state index contributed by atoms with van der Waals surface area (Å²) in [6.45, 7) is 8.15. The zero-order valence-electron chi connectivity index (χ0n) is 11.9. The van der Waals surface area contributed by atoms with E-state index in [0.29, 0.717) is 5.92 Å². The second kappa shape index (κ2) is 6.59. The Morgan fingerprint density at radius 3 is 2.44 bits per heavy atom. The minimum atomic E-state index is -0.185. The Bertz CT molecular complexity index is 385. The number of furan rings is 1. The van der Waals surface area contributed by atoms with Crippen LogP contribution in [0.3, 0.4) is 0 Å². The van der Waals surface area contributed by atoms with Crippen LogP contribution < -0.4 is 10.6 Å². The molecule has 1 rings (SSSR count). The van der Waals surface area contributed by atoms with Crippen molar-refractivity contribution in [3.63, 3.8) is 0 Å². The molecule has 4 nitrogen and oxygen atoms in total. The number of likely N-dealkylation sites (N-methyl/N-ethyl adjacent to an activating group) is 1. The van der Waals surface area contributed by atoms with Gasteiger partial charge < -0.3 is 9.73 Å². The fourth-order valence-corrected chi connectivity index (χ4v) is 1.97. The van der Waals surface area contributed by atoms with Crippen molar-refractivity contribution in [2.75, 3.05) is 7.05 Å². The molecular weight excluding hydrogens is 228 g/mol. The zero-order valence-corrected chi connectivity index (χ0v) is 11.9. The van der Waals surface area contributed by atoms with E-state index in [1.807, 2.05) is 26.0 Å². The van der Waals surface area contributed by atoms with Crippen LogP contribution in [0.4, 0.5) is 0 Å². The molecule has 0 spiro atoms. The average Bonchev–Trinajstić information content (AvgIpc) is 2.73. The molecule has 2 N–H and O–H groups in total. The first-order valence-electron chi connectivity index (χ1n) is 6.48. The smallest absolute Gasteiger partial charge is 0.236 e. The molecule has 0 saturated carbocycles. The number of carbonyl (C=O) groups excluding carboxylic acids is 1. The van der Waals surface area contributed by atoms with Gasteiger partial charge in [-0.2, -0.15) is 0 Å². The SMILES string of the molecule is CNC(=O)C(CC(C)C)NC(C)c1ccc(C)o1. The molecular formula is C14H24N2O2. The molecule has 0 aliphatic heterocycles. The molecule has 0 aliphatic carbocycles. The predicted octanol–water partition coefficient (Wildman–Crippen LogP) is 2.40. The maximum atomic E-state index is 11.8. The van der Waals surface area contributed by atoms with Crippen molar-refractivity contribution in [1.29, 1.82) is 0 Å². The highest BCUT2D eigenvalue weighted by Gasteiger charge is 2.22. The van der Waals surface area contributed by atoms with Crippen LogP contribution >= 0.6 is 0 Å². The first-order chi connectivity index (χ1) is 8.43. The Morgan fingerprint density at radius 2 is 2.00 bits per heavy atom. The molecule has 1 aromatic heterocycles. The van der Waals surface area contributed by atoms with Crippen molar-refractivity contribution in [1.82, 2.24) is 10.6 Å². The van der Waals surface area contributed by atoms with E-state index in [2.05, 4.69) is 24.5 Å². The predicted molar refractivity (Wildman–Crippen MR) is 72.3 cm³/mol. The van der Waals surface area contributed by atoms with Gasteiger partial charge in [0.15, 0.2) is 0 Å². The lowest BCUT2D eigenvalue weighted by Gasteiger charge is -2.22. The standard InChI is InChI=1S/C14H24N2O2/c1-9(2)8-12(14(17)15-5)16-11(4)13-7-6-10(3)18-13/h6-7,9,11-12,16H,8H2,1-5H3,(H,15,17). The Morgan fingerprint density at radius 1 is 1.33 bits per heavy atom. The number of carbonyl (C=O) groups is 1. The van der Waals surface area contributed by atoms with Crippen LogP contribution in [-0.4, -0.2) is 19.0 Å². The third-order valence-electron chi connectivity index (χ3n) is 2.91. The number of aryl methyl sites for hydroxylation is 1. The lowest BCUT2D eigenvalue weighted by Crippen LogP contribution is -2.44. The monoisotopic (exact) mass is 252 g/mol. The minimum Gasteiger partial charge on any atom is -0.465 e. The summed E-state index contributed by atoms with van der Waals surface area (Å²) in [5, 5.41) is 6.02. The summed E-state index contributed by atoms with van der Waals surface area (Å²) in [6, 6.07) is 3.73. The van der Waals surface area contributed by atoms with E-state index in [1.165, 1.54) is 0 Å². The molecule has 0 aliphatic rings. The molecule has 1 amide bonds. The number of amides is 1. The topological polar surface area (TPSA) is 54.3 Å². The minimum absolute atomic E-state index is 0.0267. The third kappa shape index (κ3) is 4.18. The van der Waals surface area contributed by atoms with Gasteiger partial charge in [0.05, 0.1) is 12.1 Å². The van der Waals surface area contributed by atoms with Crippen molar-refractivity contribution in [2.24, 2.45) is 5.92 Å². The van der Waals surface area contributed by atoms with E-state index < -0.39 is 0 Å². The third-order valence-corrected chi connectivity index (χ3v) is 2.91. The number of rotatable bonds is 6. The van der Waals surface area contributed by atoms with Gasteiger partial charge in [-0.25, -0.2) is 0 Å². The lowest BCUT2D eigenvalue weighted by molar-refractivity contribution is -0.123. The molecule has 18 heavy (non-hydrogen) atoms. The van der Waals surface area contributed by atoms with Gasteiger partial charge in [-0.1, -0.05) is 13.8 Å². The molecule has 4 heteroatoms. The number of nitrogens with one attached hydrogen (secondary N) is 2. The van der Waals surface area contributed by atoms with E-state index in [0.717, 1.165) is 17.9 Å². The van der Waals surface area contributed by atoms with Gasteiger partial charge >= 0.3 is 0 Å². The van der Waals surface area contributed by atoms with Gasteiger partial charge in [-0.05, 0) is 38.3 Å². The molecule has 0 fully saturated rings. The summed E-state index contributed by atoms with van der Waals surface area (Å²) in [4.78, 5) is 11.8. The molecule has 0 bridgehead atoms. The molecule has 2 unspecified atom stereocenters. The zero-order chi connectivity index (χ0) is 13.7. The maximum Gasteiger partial charge on any atom is 0.236 e. The van der Waals surface area contributed by atoms with Crippen molar-refractivity contribution < 1.29 is 9.21 Å². The summed E-state index contributed by atoms with van der Waals surface area (Å²) >= 11 is 0. The van der Waals surface area contributed by atoms with E-state index in [-0.39, 0.29) is 18.0 Å². The van der Waals surface area contributed by atoms with Gasteiger partial charge in [0.1, 0.15) is 11.5 Å². The first-order valence-corrected chi connectivity index (χ1v) is 6.48. The van der Waals surface area contributed by atoms with E-state index >= 15 is 0 Å².